The van der Waals surface area contributed by atoms with E-state index in [1.54, 1.807) is 0 Å². The van der Waals surface area contributed by atoms with Crippen LogP contribution >= 0.6 is 0 Å². The van der Waals surface area contributed by atoms with Crippen molar-refractivity contribution in [3.63, 3.8) is 0 Å². The molecule has 1 heterocycles. The molecule has 1 fully saturated rings. The molecule has 23 heavy (non-hydrogen) atoms. The standard InChI is InChI=1S/C20H25NO2/c1-16-4-2-6-20(14-16)23-13-12-22-19-9-7-17(8-10-19)18-5-3-11-21-15-18/h2,4,6-10,14,18,21H,3,5,11-13,15H2,1H3. The van der Waals surface area contributed by atoms with Gasteiger partial charge in [0.05, 0.1) is 0 Å². The van der Waals surface area contributed by atoms with Crippen LogP contribution in [0.15, 0.2) is 48.5 Å². The molecule has 0 saturated carbocycles. The number of rotatable bonds is 6. The maximum atomic E-state index is 5.76. The molecular weight excluding hydrogens is 286 g/mol. The highest BCUT2D eigenvalue weighted by Crippen LogP contribution is 2.25. The predicted octanol–water partition coefficient (Wildman–Crippen LogP) is 3.92. The van der Waals surface area contributed by atoms with Gasteiger partial charge in [-0.05, 0) is 67.6 Å². The first-order valence-electron chi connectivity index (χ1n) is 8.44. The Bertz CT molecular complexity index is 603. The van der Waals surface area contributed by atoms with Crippen LogP contribution in [-0.2, 0) is 0 Å². The molecule has 0 bridgehead atoms. The van der Waals surface area contributed by atoms with E-state index in [-0.39, 0.29) is 0 Å². The highest BCUT2D eigenvalue weighted by atomic mass is 16.5. The molecule has 3 rings (SSSR count). The summed E-state index contributed by atoms with van der Waals surface area (Å²) in [5.74, 6) is 2.45. The van der Waals surface area contributed by atoms with Crippen molar-refractivity contribution in [2.75, 3.05) is 26.3 Å². The molecular formula is C20H25NO2. The molecule has 0 amide bonds. The molecule has 1 N–H and O–H groups in total. The van der Waals surface area contributed by atoms with Crippen LogP contribution in [0.3, 0.4) is 0 Å². The van der Waals surface area contributed by atoms with E-state index in [9.17, 15) is 0 Å². The minimum atomic E-state index is 0.553. The summed E-state index contributed by atoms with van der Waals surface area (Å²) in [6.07, 6.45) is 2.54. The Balaban J connectivity index is 1.43. The van der Waals surface area contributed by atoms with Gasteiger partial charge in [0.25, 0.3) is 0 Å². The fraction of sp³-hybridized carbons (Fsp3) is 0.400. The Morgan fingerprint density at radius 3 is 2.48 bits per heavy atom. The van der Waals surface area contributed by atoms with Crippen LogP contribution in [0.2, 0.25) is 0 Å². The largest absolute Gasteiger partial charge is 0.490 e. The average Bonchev–Trinajstić information content (AvgIpc) is 2.60. The highest BCUT2D eigenvalue weighted by Gasteiger charge is 2.14. The zero-order valence-corrected chi connectivity index (χ0v) is 13.8. The lowest BCUT2D eigenvalue weighted by atomic mass is 9.92. The topological polar surface area (TPSA) is 30.5 Å². The minimum absolute atomic E-state index is 0.553. The van der Waals surface area contributed by atoms with Gasteiger partial charge in [-0.3, -0.25) is 0 Å². The molecule has 0 radical (unpaired) electrons. The number of hydrogen-bond acceptors (Lipinski definition) is 3. The Labute approximate surface area is 138 Å². The van der Waals surface area contributed by atoms with E-state index in [2.05, 4.69) is 42.6 Å². The van der Waals surface area contributed by atoms with E-state index in [4.69, 9.17) is 9.47 Å². The Morgan fingerprint density at radius 1 is 1.00 bits per heavy atom. The van der Waals surface area contributed by atoms with Crippen molar-refractivity contribution in [2.24, 2.45) is 0 Å². The first-order chi connectivity index (χ1) is 11.3. The summed E-state index contributed by atoms with van der Waals surface area (Å²) in [4.78, 5) is 0. The number of ether oxygens (including phenoxy) is 2. The van der Waals surface area contributed by atoms with Crippen LogP contribution < -0.4 is 14.8 Å². The van der Waals surface area contributed by atoms with Crippen molar-refractivity contribution < 1.29 is 9.47 Å². The Morgan fingerprint density at radius 2 is 1.78 bits per heavy atom. The lowest BCUT2D eigenvalue weighted by Gasteiger charge is -2.23. The lowest BCUT2D eigenvalue weighted by molar-refractivity contribution is 0.217. The van der Waals surface area contributed by atoms with Gasteiger partial charge in [0.2, 0.25) is 0 Å². The van der Waals surface area contributed by atoms with Gasteiger partial charge < -0.3 is 14.8 Å². The summed E-state index contributed by atoms with van der Waals surface area (Å²) in [5, 5.41) is 3.46. The van der Waals surface area contributed by atoms with Crippen molar-refractivity contribution in [1.82, 2.24) is 5.32 Å². The molecule has 1 aliphatic rings. The number of hydrogen-bond donors (Lipinski definition) is 1. The normalized spacial score (nSPS) is 17.7. The quantitative estimate of drug-likeness (QED) is 0.820. The third-order valence-electron chi connectivity index (χ3n) is 4.26. The predicted molar refractivity (Wildman–Crippen MR) is 93.5 cm³/mol. The average molecular weight is 311 g/mol. The molecule has 122 valence electrons. The smallest absolute Gasteiger partial charge is 0.122 e. The minimum Gasteiger partial charge on any atom is -0.490 e. The summed E-state index contributed by atoms with van der Waals surface area (Å²) >= 11 is 0. The number of nitrogens with one attached hydrogen (secondary N) is 1. The van der Waals surface area contributed by atoms with Crippen LogP contribution in [0.5, 0.6) is 11.5 Å². The van der Waals surface area contributed by atoms with E-state index in [1.807, 2.05) is 18.2 Å². The van der Waals surface area contributed by atoms with E-state index < -0.39 is 0 Å². The third-order valence-corrected chi connectivity index (χ3v) is 4.26. The van der Waals surface area contributed by atoms with E-state index in [0.29, 0.717) is 19.1 Å². The molecule has 0 spiro atoms. The Hall–Kier alpha value is -2.00. The summed E-state index contributed by atoms with van der Waals surface area (Å²) < 4.78 is 11.5. The molecule has 2 aromatic carbocycles. The molecule has 3 heteroatoms. The molecule has 1 atom stereocenters. The molecule has 0 aliphatic carbocycles. The monoisotopic (exact) mass is 311 g/mol. The zero-order valence-electron chi connectivity index (χ0n) is 13.8. The summed E-state index contributed by atoms with van der Waals surface area (Å²) in [5.41, 5.74) is 2.61. The summed E-state index contributed by atoms with van der Waals surface area (Å²) in [6.45, 7) is 5.41. The molecule has 1 aliphatic heterocycles. The van der Waals surface area contributed by atoms with Gasteiger partial charge in [0.15, 0.2) is 0 Å². The second kappa shape index (κ2) is 8.02. The lowest BCUT2D eigenvalue weighted by Crippen LogP contribution is -2.28. The summed E-state index contributed by atoms with van der Waals surface area (Å²) in [6, 6.07) is 16.6. The maximum Gasteiger partial charge on any atom is 0.122 e. The number of benzene rings is 2. The van der Waals surface area contributed by atoms with E-state index in [0.717, 1.165) is 24.6 Å². The van der Waals surface area contributed by atoms with E-state index >= 15 is 0 Å². The molecule has 3 nitrogen and oxygen atoms in total. The van der Waals surface area contributed by atoms with Gasteiger partial charge in [0.1, 0.15) is 24.7 Å². The first-order valence-corrected chi connectivity index (χ1v) is 8.44. The summed E-state index contributed by atoms with van der Waals surface area (Å²) in [7, 11) is 0. The van der Waals surface area contributed by atoms with Crippen molar-refractivity contribution in [2.45, 2.75) is 25.7 Å². The van der Waals surface area contributed by atoms with Gasteiger partial charge in [0, 0.05) is 6.54 Å². The van der Waals surface area contributed by atoms with Crippen molar-refractivity contribution in [1.29, 1.82) is 0 Å². The van der Waals surface area contributed by atoms with Gasteiger partial charge in [-0.1, -0.05) is 24.3 Å². The van der Waals surface area contributed by atoms with Gasteiger partial charge in [-0.25, -0.2) is 0 Å². The van der Waals surface area contributed by atoms with Gasteiger partial charge >= 0.3 is 0 Å². The van der Waals surface area contributed by atoms with Crippen LogP contribution in [0.1, 0.15) is 29.9 Å². The second-order valence-corrected chi connectivity index (χ2v) is 6.13. The fourth-order valence-electron chi connectivity index (χ4n) is 3.00. The van der Waals surface area contributed by atoms with Crippen LogP contribution in [0, 0.1) is 6.92 Å². The first kappa shape index (κ1) is 15.9. The van der Waals surface area contributed by atoms with Crippen molar-refractivity contribution in [3.8, 4) is 11.5 Å². The SMILES string of the molecule is Cc1cccc(OCCOc2ccc(C3CCCNC3)cc2)c1. The van der Waals surface area contributed by atoms with Crippen molar-refractivity contribution >= 4 is 0 Å². The van der Waals surface area contributed by atoms with Crippen LogP contribution in [0.25, 0.3) is 0 Å². The highest BCUT2D eigenvalue weighted by molar-refractivity contribution is 5.30. The van der Waals surface area contributed by atoms with Crippen molar-refractivity contribution in [3.05, 3.63) is 59.7 Å². The maximum absolute atomic E-state index is 5.76. The van der Waals surface area contributed by atoms with E-state index in [1.165, 1.54) is 24.0 Å². The molecule has 1 saturated heterocycles. The zero-order chi connectivity index (χ0) is 15.9. The Kier molecular flexibility index (Phi) is 5.54. The molecule has 1 unspecified atom stereocenters. The fourth-order valence-corrected chi connectivity index (χ4v) is 3.00. The van der Waals surface area contributed by atoms with Crippen LogP contribution in [0.4, 0.5) is 0 Å². The molecule has 2 aromatic rings. The van der Waals surface area contributed by atoms with Gasteiger partial charge in [-0.15, -0.1) is 0 Å². The number of piperidine rings is 1. The third kappa shape index (κ3) is 4.73. The molecule has 0 aromatic heterocycles. The van der Waals surface area contributed by atoms with Gasteiger partial charge in [-0.2, -0.15) is 0 Å². The van der Waals surface area contributed by atoms with Crippen LogP contribution in [-0.4, -0.2) is 26.3 Å². The second-order valence-electron chi connectivity index (χ2n) is 6.13. The number of aryl methyl sites for hydroxylation is 1.